The number of carbonyl (C=O) groups is 1. The van der Waals surface area contributed by atoms with E-state index in [1.54, 1.807) is 11.3 Å². The highest BCUT2D eigenvalue weighted by atomic mass is 32.1. The first kappa shape index (κ1) is 19.6. The van der Waals surface area contributed by atoms with E-state index in [0.717, 1.165) is 23.5 Å². The molecule has 3 heterocycles. The summed E-state index contributed by atoms with van der Waals surface area (Å²) in [5.74, 6) is 0.221. The van der Waals surface area contributed by atoms with Crippen molar-refractivity contribution >= 4 is 33.8 Å². The standard InChI is InChI=1S/C22H27N5OS/c1-15(21-24-12-17(3)29-21)11-25-22(28)27-10-9-26(14-16(27)2)20-6-4-5-18-13-23-8-7-19(18)20/h4-8,12-13,15-16H,9-11,14H2,1-3H3,(H,25,28). The van der Waals surface area contributed by atoms with E-state index in [9.17, 15) is 4.79 Å². The maximum Gasteiger partial charge on any atom is 0.317 e. The molecule has 6 nitrogen and oxygen atoms in total. The molecule has 1 fully saturated rings. The van der Waals surface area contributed by atoms with Crippen molar-refractivity contribution in [2.75, 3.05) is 31.1 Å². The van der Waals surface area contributed by atoms with Gasteiger partial charge in [-0.2, -0.15) is 0 Å². The van der Waals surface area contributed by atoms with Gasteiger partial charge in [-0.15, -0.1) is 11.3 Å². The Labute approximate surface area is 175 Å². The number of fused-ring (bicyclic) bond motifs is 1. The average Bonchev–Trinajstić information content (AvgIpc) is 3.17. The van der Waals surface area contributed by atoms with Crippen LogP contribution in [-0.2, 0) is 0 Å². The number of benzene rings is 1. The number of urea groups is 1. The van der Waals surface area contributed by atoms with Crippen LogP contribution in [0.5, 0.6) is 0 Å². The van der Waals surface area contributed by atoms with E-state index < -0.39 is 0 Å². The summed E-state index contributed by atoms with van der Waals surface area (Å²) in [6.07, 6.45) is 5.63. The lowest BCUT2D eigenvalue weighted by Gasteiger charge is -2.41. The Balaban J connectivity index is 1.38. The van der Waals surface area contributed by atoms with E-state index >= 15 is 0 Å². The van der Waals surface area contributed by atoms with Gasteiger partial charge >= 0.3 is 6.03 Å². The van der Waals surface area contributed by atoms with Crippen LogP contribution in [0, 0.1) is 6.92 Å². The largest absolute Gasteiger partial charge is 0.367 e. The number of aromatic nitrogens is 2. The molecule has 0 aliphatic carbocycles. The first-order valence-corrected chi connectivity index (χ1v) is 10.9. The Morgan fingerprint density at radius 1 is 1.31 bits per heavy atom. The van der Waals surface area contributed by atoms with Gasteiger partial charge in [0.1, 0.15) is 0 Å². The summed E-state index contributed by atoms with van der Waals surface area (Å²) in [5, 5.41) is 6.53. The van der Waals surface area contributed by atoms with Crippen molar-refractivity contribution in [2.24, 2.45) is 0 Å². The van der Waals surface area contributed by atoms with Crippen LogP contribution in [-0.4, -0.2) is 53.1 Å². The quantitative estimate of drug-likeness (QED) is 0.707. The van der Waals surface area contributed by atoms with Gasteiger partial charge in [0.15, 0.2) is 0 Å². The minimum Gasteiger partial charge on any atom is -0.367 e. The molecule has 3 aromatic rings. The Kier molecular flexibility index (Phi) is 5.67. The minimum atomic E-state index is 0.0133. The number of anilines is 1. The van der Waals surface area contributed by atoms with Crippen LogP contribution in [0.2, 0.25) is 0 Å². The van der Waals surface area contributed by atoms with Gasteiger partial charge in [-0.25, -0.2) is 9.78 Å². The minimum absolute atomic E-state index is 0.0133. The molecule has 4 rings (SSSR count). The summed E-state index contributed by atoms with van der Waals surface area (Å²) in [6.45, 7) is 9.23. The zero-order valence-corrected chi connectivity index (χ0v) is 17.9. The lowest BCUT2D eigenvalue weighted by atomic mass is 10.1. The van der Waals surface area contributed by atoms with Gasteiger partial charge in [0, 0.05) is 78.1 Å². The Bertz CT molecular complexity index is 998. The summed E-state index contributed by atoms with van der Waals surface area (Å²) in [7, 11) is 0. The van der Waals surface area contributed by atoms with Crippen LogP contribution in [0.15, 0.2) is 42.9 Å². The van der Waals surface area contributed by atoms with E-state index in [2.05, 4.69) is 65.2 Å². The third-order valence-electron chi connectivity index (χ3n) is 5.51. The summed E-state index contributed by atoms with van der Waals surface area (Å²) < 4.78 is 0. The molecule has 0 spiro atoms. The van der Waals surface area contributed by atoms with Crippen molar-refractivity contribution in [3.05, 3.63) is 52.7 Å². The Hall–Kier alpha value is -2.67. The van der Waals surface area contributed by atoms with Crippen LogP contribution < -0.4 is 10.2 Å². The summed E-state index contributed by atoms with van der Waals surface area (Å²) in [6, 6.07) is 8.53. The van der Waals surface area contributed by atoms with E-state index in [1.165, 1.54) is 16.0 Å². The first-order chi connectivity index (χ1) is 14.0. The summed E-state index contributed by atoms with van der Waals surface area (Å²) in [4.78, 5) is 27.0. The topological polar surface area (TPSA) is 61.4 Å². The molecular weight excluding hydrogens is 382 g/mol. The Morgan fingerprint density at radius 2 is 2.17 bits per heavy atom. The number of rotatable bonds is 4. The smallest absolute Gasteiger partial charge is 0.317 e. The van der Waals surface area contributed by atoms with Crippen LogP contribution in [0.3, 0.4) is 0 Å². The highest BCUT2D eigenvalue weighted by Crippen LogP contribution is 2.28. The molecule has 7 heteroatoms. The zero-order chi connectivity index (χ0) is 20.4. The predicted octanol–water partition coefficient (Wildman–Crippen LogP) is 4.02. The SMILES string of the molecule is Cc1cnc(C(C)CNC(=O)N2CCN(c3cccc4cnccc34)CC2C)s1. The second-order valence-corrected chi connectivity index (χ2v) is 9.02. The molecule has 0 saturated carbocycles. The van der Waals surface area contributed by atoms with E-state index in [4.69, 9.17) is 0 Å². The third kappa shape index (κ3) is 4.19. The van der Waals surface area contributed by atoms with E-state index in [0.29, 0.717) is 13.1 Å². The second-order valence-electron chi connectivity index (χ2n) is 7.76. The van der Waals surface area contributed by atoms with Crippen LogP contribution >= 0.6 is 11.3 Å². The van der Waals surface area contributed by atoms with E-state index in [-0.39, 0.29) is 18.0 Å². The first-order valence-electron chi connectivity index (χ1n) is 10.1. The van der Waals surface area contributed by atoms with Gasteiger partial charge in [-0.05, 0) is 26.0 Å². The molecule has 29 heavy (non-hydrogen) atoms. The van der Waals surface area contributed by atoms with Crippen molar-refractivity contribution in [1.82, 2.24) is 20.2 Å². The molecular formula is C22H27N5OS. The number of carbonyl (C=O) groups excluding carboxylic acids is 1. The third-order valence-corrected chi connectivity index (χ3v) is 6.65. The number of nitrogens with zero attached hydrogens (tertiary/aromatic N) is 4. The van der Waals surface area contributed by atoms with Gasteiger partial charge in [-0.3, -0.25) is 4.98 Å². The second kappa shape index (κ2) is 8.37. The highest BCUT2D eigenvalue weighted by Gasteiger charge is 2.28. The number of amides is 2. The van der Waals surface area contributed by atoms with E-state index in [1.807, 2.05) is 23.5 Å². The van der Waals surface area contributed by atoms with Crippen molar-refractivity contribution < 1.29 is 4.79 Å². The number of hydrogen-bond acceptors (Lipinski definition) is 5. The van der Waals surface area contributed by atoms with Gasteiger partial charge < -0.3 is 15.1 Å². The molecule has 0 bridgehead atoms. The van der Waals surface area contributed by atoms with Gasteiger partial charge in [0.05, 0.1) is 5.01 Å². The number of hydrogen-bond donors (Lipinski definition) is 1. The number of pyridine rings is 1. The van der Waals surface area contributed by atoms with Crippen molar-refractivity contribution in [2.45, 2.75) is 32.7 Å². The molecule has 1 aromatic carbocycles. The lowest BCUT2D eigenvalue weighted by Crippen LogP contribution is -2.57. The van der Waals surface area contributed by atoms with Crippen molar-refractivity contribution in [3.8, 4) is 0 Å². The molecule has 2 aromatic heterocycles. The fraction of sp³-hybridized carbons (Fsp3) is 0.409. The average molecular weight is 410 g/mol. The summed E-state index contributed by atoms with van der Waals surface area (Å²) in [5.41, 5.74) is 1.21. The van der Waals surface area contributed by atoms with Gasteiger partial charge in [0.25, 0.3) is 0 Å². The molecule has 1 aliphatic heterocycles. The normalized spacial score (nSPS) is 18.1. The van der Waals surface area contributed by atoms with Crippen LogP contribution in [0.25, 0.3) is 10.8 Å². The zero-order valence-electron chi connectivity index (χ0n) is 17.1. The highest BCUT2D eigenvalue weighted by molar-refractivity contribution is 7.11. The maximum absolute atomic E-state index is 12.8. The number of aryl methyl sites for hydroxylation is 1. The lowest BCUT2D eigenvalue weighted by molar-refractivity contribution is 0.171. The van der Waals surface area contributed by atoms with Crippen LogP contribution in [0.1, 0.15) is 29.7 Å². The molecule has 2 atom stereocenters. The van der Waals surface area contributed by atoms with Crippen molar-refractivity contribution in [1.29, 1.82) is 0 Å². The number of thiazole rings is 1. The molecule has 2 amide bonds. The predicted molar refractivity (Wildman–Crippen MR) is 119 cm³/mol. The molecule has 152 valence electrons. The molecule has 0 radical (unpaired) electrons. The van der Waals surface area contributed by atoms with Gasteiger partial charge in [0.2, 0.25) is 0 Å². The molecule has 1 aliphatic rings. The number of nitrogens with one attached hydrogen (secondary N) is 1. The molecule has 1 N–H and O–H groups in total. The molecule has 1 saturated heterocycles. The Morgan fingerprint density at radius 3 is 2.93 bits per heavy atom. The maximum atomic E-state index is 12.8. The fourth-order valence-electron chi connectivity index (χ4n) is 3.89. The molecule has 2 unspecified atom stereocenters. The van der Waals surface area contributed by atoms with Crippen LogP contribution in [0.4, 0.5) is 10.5 Å². The van der Waals surface area contributed by atoms with Crippen molar-refractivity contribution in [3.63, 3.8) is 0 Å². The monoisotopic (exact) mass is 409 g/mol. The number of piperazine rings is 1. The fourth-order valence-corrected chi connectivity index (χ4v) is 4.71. The summed E-state index contributed by atoms with van der Waals surface area (Å²) >= 11 is 1.70. The van der Waals surface area contributed by atoms with Gasteiger partial charge in [-0.1, -0.05) is 19.1 Å².